The second kappa shape index (κ2) is 8.34. The summed E-state index contributed by atoms with van der Waals surface area (Å²) in [6.07, 6.45) is 6.31. The van der Waals surface area contributed by atoms with Gasteiger partial charge in [0.1, 0.15) is 5.76 Å². The number of halogens is 1. The molecule has 4 aromatic rings. The summed E-state index contributed by atoms with van der Waals surface area (Å²) in [4.78, 5) is 29.9. The Kier molecular flexibility index (Phi) is 5.46. The summed E-state index contributed by atoms with van der Waals surface area (Å²) in [6.45, 7) is 0.254. The lowest BCUT2D eigenvalue weighted by molar-refractivity contribution is -0.111. The van der Waals surface area contributed by atoms with Crippen LogP contribution in [0, 0.1) is 0 Å². The van der Waals surface area contributed by atoms with Crippen molar-refractivity contribution >= 4 is 51.5 Å². The maximum absolute atomic E-state index is 12.5. The fourth-order valence-corrected chi connectivity index (χ4v) is 3.73. The van der Waals surface area contributed by atoms with Gasteiger partial charge in [-0.2, -0.15) is 0 Å². The molecule has 3 heterocycles. The predicted molar refractivity (Wildman–Crippen MR) is 112 cm³/mol. The van der Waals surface area contributed by atoms with Gasteiger partial charge in [-0.3, -0.25) is 14.0 Å². The van der Waals surface area contributed by atoms with Crippen LogP contribution in [-0.4, -0.2) is 21.2 Å². The summed E-state index contributed by atoms with van der Waals surface area (Å²) >= 11 is 7.58. The monoisotopic (exact) mass is 426 g/mol. The van der Waals surface area contributed by atoms with Gasteiger partial charge in [-0.1, -0.05) is 23.7 Å². The van der Waals surface area contributed by atoms with Crippen molar-refractivity contribution in [2.24, 2.45) is 0 Å². The summed E-state index contributed by atoms with van der Waals surface area (Å²) in [5.41, 5.74) is 1.37. The number of amides is 2. The Morgan fingerprint density at radius 1 is 1.24 bits per heavy atom. The standard InChI is InChI=1S/C20H15ClN4O3S/c21-18-16(25-9-11-29-20(25)24-18)7-8-17(26)23-15-6-2-1-5-14(15)19(27)22-12-13-4-3-10-28-13/h1-11H,12H2,(H,22,27)(H,23,26)/b8-7+. The third-order valence-electron chi connectivity index (χ3n) is 4.08. The van der Waals surface area contributed by atoms with Crippen LogP contribution >= 0.6 is 22.9 Å². The normalized spacial score (nSPS) is 11.2. The molecule has 3 aromatic heterocycles. The predicted octanol–water partition coefficient (Wildman–Crippen LogP) is 4.22. The Balaban J connectivity index is 1.46. The molecule has 0 radical (unpaired) electrons. The van der Waals surface area contributed by atoms with E-state index < -0.39 is 5.91 Å². The molecule has 0 spiro atoms. The highest BCUT2D eigenvalue weighted by atomic mass is 35.5. The number of thiazole rings is 1. The van der Waals surface area contributed by atoms with E-state index in [1.807, 2.05) is 11.6 Å². The van der Waals surface area contributed by atoms with Gasteiger partial charge in [0.25, 0.3) is 5.91 Å². The van der Waals surface area contributed by atoms with E-state index in [1.165, 1.54) is 17.4 Å². The van der Waals surface area contributed by atoms with Crippen molar-refractivity contribution in [3.8, 4) is 0 Å². The second-order valence-electron chi connectivity index (χ2n) is 5.97. The number of nitrogens with one attached hydrogen (secondary N) is 2. The van der Waals surface area contributed by atoms with Gasteiger partial charge in [0, 0.05) is 17.7 Å². The number of aromatic nitrogens is 2. The topological polar surface area (TPSA) is 88.6 Å². The molecule has 0 atom stereocenters. The molecule has 0 bridgehead atoms. The summed E-state index contributed by atoms with van der Waals surface area (Å²) < 4.78 is 7.00. The van der Waals surface area contributed by atoms with Gasteiger partial charge in [-0.05, 0) is 30.3 Å². The Morgan fingerprint density at radius 2 is 2.10 bits per heavy atom. The minimum atomic E-state index is -0.391. The van der Waals surface area contributed by atoms with E-state index in [9.17, 15) is 9.59 Å². The van der Waals surface area contributed by atoms with Crippen LogP contribution < -0.4 is 10.6 Å². The Morgan fingerprint density at radius 3 is 2.93 bits per heavy atom. The van der Waals surface area contributed by atoms with Crippen LogP contribution in [0.4, 0.5) is 5.69 Å². The molecule has 146 valence electrons. The molecule has 0 aliphatic rings. The number of hydrogen-bond acceptors (Lipinski definition) is 5. The molecule has 0 saturated heterocycles. The smallest absolute Gasteiger partial charge is 0.253 e. The second-order valence-corrected chi connectivity index (χ2v) is 7.20. The van der Waals surface area contributed by atoms with Gasteiger partial charge in [-0.15, -0.1) is 11.3 Å². The number of benzene rings is 1. The lowest BCUT2D eigenvalue weighted by atomic mass is 10.1. The molecule has 2 N–H and O–H groups in total. The first-order valence-corrected chi connectivity index (χ1v) is 9.87. The summed E-state index contributed by atoms with van der Waals surface area (Å²) in [5, 5.41) is 7.69. The number of carbonyl (C=O) groups is 2. The first-order chi connectivity index (χ1) is 14.1. The molecule has 4 rings (SSSR count). The summed E-state index contributed by atoms with van der Waals surface area (Å²) in [5.74, 6) is -0.0714. The maximum atomic E-state index is 12.5. The zero-order chi connectivity index (χ0) is 20.2. The number of carbonyl (C=O) groups excluding carboxylic acids is 2. The molecule has 7 nitrogen and oxygen atoms in total. The number of nitrogens with zero attached hydrogens (tertiary/aromatic N) is 2. The highest BCUT2D eigenvalue weighted by Crippen LogP contribution is 2.22. The third-order valence-corrected chi connectivity index (χ3v) is 5.11. The lowest BCUT2D eigenvalue weighted by Gasteiger charge is -2.10. The van der Waals surface area contributed by atoms with E-state index in [-0.39, 0.29) is 12.5 Å². The van der Waals surface area contributed by atoms with Crippen molar-refractivity contribution in [1.82, 2.24) is 14.7 Å². The Labute approximate surface area is 174 Å². The van der Waals surface area contributed by atoms with E-state index in [1.54, 1.807) is 53.1 Å². The van der Waals surface area contributed by atoms with Crippen LogP contribution in [0.15, 0.2) is 64.7 Å². The Bertz CT molecular complexity index is 1190. The molecule has 0 fully saturated rings. The average molecular weight is 427 g/mol. The number of furan rings is 1. The number of fused-ring (bicyclic) bond motifs is 1. The molecular formula is C20H15ClN4O3S. The minimum Gasteiger partial charge on any atom is -0.467 e. The minimum absolute atomic E-state index is 0.254. The fourth-order valence-electron chi connectivity index (χ4n) is 2.72. The van der Waals surface area contributed by atoms with Crippen LogP contribution in [-0.2, 0) is 11.3 Å². The Hall–Kier alpha value is -3.36. The molecule has 2 amide bonds. The van der Waals surface area contributed by atoms with Crippen LogP contribution in [0.25, 0.3) is 11.0 Å². The molecule has 29 heavy (non-hydrogen) atoms. The van der Waals surface area contributed by atoms with E-state index in [0.717, 1.165) is 4.96 Å². The zero-order valence-electron chi connectivity index (χ0n) is 15.0. The number of rotatable bonds is 6. The highest BCUT2D eigenvalue weighted by molar-refractivity contribution is 7.15. The van der Waals surface area contributed by atoms with Gasteiger partial charge < -0.3 is 15.1 Å². The van der Waals surface area contributed by atoms with Gasteiger partial charge in [0.05, 0.1) is 29.8 Å². The first-order valence-electron chi connectivity index (χ1n) is 8.61. The van der Waals surface area contributed by atoms with Gasteiger partial charge in [0.15, 0.2) is 10.1 Å². The number of anilines is 1. The largest absolute Gasteiger partial charge is 0.467 e. The van der Waals surface area contributed by atoms with Crippen LogP contribution in [0.3, 0.4) is 0 Å². The molecule has 0 aliphatic heterocycles. The van der Waals surface area contributed by atoms with Crippen molar-refractivity contribution in [1.29, 1.82) is 0 Å². The fraction of sp³-hybridized carbons (Fsp3) is 0.0500. The first kappa shape index (κ1) is 19.0. The molecule has 0 saturated carbocycles. The summed E-state index contributed by atoms with van der Waals surface area (Å²) in [6, 6.07) is 10.3. The van der Waals surface area contributed by atoms with Crippen molar-refractivity contribution in [2.45, 2.75) is 6.54 Å². The van der Waals surface area contributed by atoms with Crippen LogP contribution in [0.2, 0.25) is 5.15 Å². The third kappa shape index (κ3) is 4.23. The molecule has 1 aromatic carbocycles. The van der Waals surface area contributed by atoms with Gasteiger partial charge >= 0.3 is 0 Å². The summed E-state index contributed by atoms with van der Waals surface area (Å²) in [7, 11) is 0. The van der Waals surface area contributed by atoms with Crippen molar-refractivity contribution in [3.05, 3.63) is 82.5 Å². The zero-order valence-corrected chi connectivity index (χ0v) is 16.5. The average Bonchev–Trinajstić information content (AvgIpc) is 3.43. The molecule has 0 aliphatic carbocycles. The quantitative estimate of drug-likeness (QED) is 0.452. The SMILES string of the molecule is O=C(/C=C/c1c(Cl)nc2sccn12)Nc1ccccc1C(=O)NCc1ccco1. The number of imidazole rings is 1. The van der Waals surface area contributed by atoms with E-state index in [4.69, 9.17) is 16.0 Å². The van der Waals surface area contributed by atoms with E-state index in [0.29, 0.717) is 27.9 Å². The lowest BCUT2D eigenvalue weighted by Crippen LogP contribution is -2.24. The van der Waals surface area contributed by atoms with Crippen LogP contribution in [0.1, 0.15) is 21.8 Å². The van der Waals surface area contributed by atoms with Crippen molar-refractivity contribution in [2.75, 3.05) is 5.32 Å². The van der Waals surface area contributed by atoms with Gasteiger partial charge in [0.2, 0.25) is 5.91 Å². The van der Waals surface area contributed by atoms with Crippen molar-refractivity contribution in [3.63, 3.8) is 0 Å². The van der Waals surface area contributed by atoms with Gasteiger partial charge in [-0.25, -0.2) is 4.98 Å². The molecular weight excluding hydrogens is 412 g/mol. The number of para-hydroxylation sites is 1. The van der Waals surface area contributed by atoms with Crippen molar-refractivity contribution < 1.29 is 14.0 Å². The van der Waals surface area contributed by atoms with Crippen LogP contribution in [0.5, 0.6) is 0 Å². The highest BCUT2D eigenvalue weighted by Gasteiger charge is 2.13. The van der Waals surface area contributed by atoms with E-state index >= 15 is 0 Å². The maximum Gasteiger partial charge on any atom is 0.253 e. The number of hydrogen-bond donors (Lipinski definition) is 2. The molecule has 9 heteroatoms. The molecule has 0 unspecified atom stereocenters. The van der Waals surface area contributed by atoms with E-state index in [2.05, 4.69) is 15.6 Å².